The standard InChI is InChI=1S/C14H26N2.C13H10N2.C12H11N3/c1-2-3-4-5-6-7-8-9-10-11-14-15-12-13-16-14;1-2-6-10(7-3-1)13-14-11-8-4-5-9-12(11)15-13;1-9(7-13)11-8-14-12(15-11)10-5-3-2-4-6-10/h12-13H,2-11H2,1H3,(H,15,16);1-9H,(H,14,15);2-6,8-9H,1H3,(H,14,15). The number of unbranched alkanes of at least 4 members (excludes halogenated alkanes) is 8. The van der Waals surface area contributed by atoms with Crippen molar-refractivity contribution in [1.82, 2.24) is 29.9 Å². The van der Waals surface area contributed by atoms with Gasteiger partial charge >= 0.3 is 0 Å². The minimum Gasteiger partial charge on any atom is -0.349 e. The molecule has 7 heteroatoms. The molecule has 0 spiro atoms. The number of aromatic nitrogens is 6. The summed E-state index contributed by atoms with van der Waals surface area (Å²) in [6.07, 6.45) is 19.1. The fourth-order valence-electron chi connectivity index (χ4n) is 5.09. The summed E-state index contributed by atoms with van der Waals surface area (Å²) in [5, 5.41) is 8.77. The van der Waals surface area contributed by atoms with Crippen LogP contribution in [0.1, 0.15) is 89.1 Å². The smallest absolute Gasteiger partial charge is 0.138 e. The molecule has 1 atom stereocenters. The Morgan fingerprint density at radius 3 is 1.91 bits per heavy atom. The highest BCUT2D eigenvalue weighted by Gasteiger charge is 2.08. The zero-order valence-electron chi connectivity index (χ0n) is 27.3. The van der Waals surface area contributed by atoms with Gasteiger partial charge < -0.3 is 15.0 Å². The molecule has 1 unspecified atom stereocenters. The van der Waals surface area contributed by atoms with E-state index in [1.807, 2.05) is 92.1 Å². The molecule has 0 fully saturated rings. The molecule has 3 aromatic heterocycles. The third kappa shape index (κ3) is 11.2. The van der Waals surface area contributed by atoms with Gasteiger partial charge in [0.1, 0.15) is 17.5 Å². The number of H-pyrrole nitrogens is 3. The molecule has 0 radical (unpaired) electrons. The fourth-order valence-corrected chi connectivity index (χ4v) is 5.09. The first-order valence-electron chi connectivity index (χ1n) is 16.7. The van der Waals surface area contributed by atoms with Crippen molar-refractivity contribution in [3.8, 4) is 28.8 Å². The van der Waals surface area contributed by atoms with Crippen LogP contribution in [0, 0.1) is 11.3 Å². The van der Waals surface area contributed by atoms with E-state index in [4.69, 9.17) is 5.26 Å². The molecular formula is C39H47N7. The molecule has 0 saturated heterocycles. The number of aromatic amines is 3. The molecule has 0 bridgehead atoms. The molecule has 0 aliphatic carbocycles. The summed E-state index contributed by atoms with van der Waals surface area (Å²) in [6, 6.07) is 30.2. The van der Waals surface area contributed by atoms with Gasteiger partial charge in [-0.25, -0.2) is 15.0 Å². The lowest BCUT2D eigenvalue weighted by Crippen LogP contribution is -1.88. The molecule has 46 heavy (non-hydrogen) atoms. The molecule has 3 N–H and O–H groups in total. The lowest BCUT2D eigenvalue weighted by Gasteiger charge is -2.01. The number of benzene rings is 3. The van der Waals surface area contributed by atoms with E-state index in [-0.39, 0.29) is 5.92 Å². The van der Waals surface area contributed by atoms with Crippen LogP contribution in [0.25, 0.3) is 33.8 Å². The Labute approximate surface area is 273 Å². The monoisotopic (exact) mass is 613 g/mol. The Balaban J connectivity index is 0.000000157. The molecule has 3 heterocycles. The average Bonchev–Trinajstić information content (AvgIpc) is 3.90. The van der Waals surface area contributed by atoms with Gasteiger partial charge in [0.15, 0.2) is 0 Å². The summed E-state index contributed by atoms with van der Waals surface area (Å²) in [5.41, 5.74) is 5.10. The topological polar surface area (TPSA) is 110 Å². The molecule has 0 amide bonds. The second-order valence-electron chi connectivity index (χ2n) is 11.5. The van der Waals surface area contributed by atoms with Crippen molar-refractivity contribution in [2.45, 2.75) is 84.0 Å². The minimum atomic E-state index is -0.144. The van der Waals surface area contributed by atoms with E-state index in [2.05, 4.69) is 55.0 Å². The van der Waals surface area contributed by atoms with Crippen LogP contribution in [-0.2, 0) is 6.42 Å². The van der Waals surface area contributed by atoms with Gasteiger partial charge in [0.2, 0.25) is 0 Å². The number of fused-ring (bicyclic) bond motifs is 1. The van der Waals surface area contributed by atoms with Gasteiger partial charge in [-0.15, -0.1) is 0 Å². The van der Waals surface area contributed by atoms with Crippen molar-refractivity contribution >= 4 is 11.0 Å². The number of rotatable bonds is 13. The van der Waals surface area contributed by atoms with Crippen LogP contribution in [0.15, 0.2) is 104 Å². The van der Waals surface area contributed by atoms with Gasteiger partial charge in [-0.1, -0.05) is 131 Å². The fraction of sp³-hybridized carbons (Fsp3) is 0.333. The van der Waals surface area contributed by atoms with Crippen molar-refractivity contribution in [2.24, 2.45) is 0 Å². The van der Waals surface area contributed by atoms with Gasteiger partial charge in [0, 0.05) is 36.1 Å². The quantitative estimate of drug-likeness (QED) is 0.113. The molecule has 0 aliphatic rings. The molecule has 7 nitrogen and oxygen atoms in total. The Kier molecular flexibility index (Phi) is 14.3. The van der Waals surface area contributed by atoms with Crippen molar-refractivity contribution in [1.29, 1.82) is 5.26 Å². The number of nitrogens with zero attached hydrogens (tertiary/aromatic N) is 4. The van der Waals surface area contributed by atoms with Crippen LogP contribution in [0.2, 0.25) is 0 Å². The Hall–Kier alpha value is -4.96. The first kappa shape index (κ1) is 33.9. The summed E-state index contributed by atoms with van der Waals surface area (Å²) >= 11 is 0. The number of imidazole rings is 3. The number of para-hydroxylation sites is 2. The highest BCUT2D eigenvalue weighted by molar-refractivity contribution is 5.79. The Morgan fingerprint density at radius 2 is 1.30 bits per heavy atom. The third-order valence-electron chi connectivity index (χ3n) is 7.81. The molecule has 238 valence electrons. The zero-order chi connectivity index (χ0) is 32.2. The summed E-state index contributed by atoms with van der Waals surface area (Å²) in [6.45, 7) is 4.12. The SMILES string of the molecule is CC(C#N)c1cnc(-c2ccccc2)[nH]1.CCCCCCCCCCCc1ncc[nH]1.c1ccc(-c2nc3ccccc3[nH]2)cc1. The maximum absolute atomic E-state index is 8.77. The summed E-state index contributed by atoms with van der Waals surface area (Å²) < 4.78 is 0. The van der Waals surface area contributed by atoms with E-state index < -0.39 is 0 Å². The van der Waals surface area contributed by atoms with E-state index in [1.54, 1.807) is 6.20 Å². The van der Waals surface area contributed by atoms with Gasteiger partial charge in [0.25, 0.3) is 0 Å². The van der Waals surface area contributed by atoms with Crippen molar-refractivity contribution in [2.75, 3.05) is 0 Å². The van der Waals surface area contributed by atoms with Crippen LogP contribution in [0.4, 0.5) is 0 Å². The number of hydrogen-bond donors (Lipinski definition) is 3. The summed E-state index contributed by atoms with van der Waals surface area (Å²) in [5.74, 6) is 2.74. The van der Waals surface area contributed by atoms with Crippen molar-refractivity contribution in [3.63, 3.8) is 0 Å². The third-order valence-corrected chi connectivity index (χ3v) is 7.81. The maximum Gasteiger partial charge on any atom is 0.138 e. The van der Waals surface area contributed by atoms with Gasteiger partial charge in [-0.3, -0.25) is 0 Å². The predicted molar refractivity (Wildman–Crippen MR) is 189 cm³/mol. The van der Waals surface area contributed by atoms with Gasteiger partial charge in [-0.2, -0.15) is 5.26 Å². The molecule has 6 aromatic rings. The average molecular weight is 614 g/mol. The van der Waals surface area contributed by atoms with Crippen LogP contribution in [-0.4, -0.2) is 29.9 Å². The lowest BCUT2D eigenvalue weighted by molar-refractivity contribution is 0.562. The Bertz CT molecular complexity index is 1650. The van der Waals surface area contributed by atoms with E-state index >= 15 is 0 Å². The van der Waals surface area contributed by atoms with Gasteiger partial charge in [0.05, 0.1) is 28.7 Å². The molecule has 6 rings (SSSR count). The minimum absolute atomic E-state index is 0.144. The predicted octanol–water partition coefficient (Wildman–Crippen LogP) is 10.4. The lowest BCUT2D eigenvalue weighted by atomic mass is 10.1. The molecule has 0 saturated carbocycles. The normalized spacial score (nSPS) is 11.2. The van der Waals surface area contributed by atoms with Crippen molar-refractivity contribution < 1.29 is 0 Å². The number of nitriles is 1. The first-order valence-corrected chi connectivity index (χ1v) is 16.7. The highest BCUT2D eigenvalue weighted by atomic mass is 14.9. The van der Waals surface area contributed by atoms with Crippen LogP contribution in [0.3, 0.4) is 0 Å². The van der Waals surface area contributed by atoms with E-state index in [0.29, 0.717) is 0 Å². The summed E-state index contributed by atoms with van der Waals surface area (Å²) in [4.78, 5) is 22.6. The largest absolute Gasteiger partial charge is 0.349 e. The van der Waals surface area contributed by atoms with E-state index in [9.17, 15) is 0 Å². The van der Waals surface area contributed by atoms with Crippen LogP contribution < -0.4 is 0 Å². The second kappa shape index (κ2) is 19.4. The second-order valence-corrected chi connectivity index (χ2v) is 11.5. The molecule has 3 aromatic carbocycles. The maximum atomic E-state index is 8.77. The highest BCUT2D eigenvalue weighted by Crippen LogP contribution is 2.20. The van der Waals surface area contributed by atoms with Crippen molar-refractivity contribution in [3.05, 3.63) is 115 Å². The van der Waals surface area contributed by atoms with Crippen LogP contribution in [0.5, 0.6) is 0 Å². The van der Waals surface area contributed by atoms with Gasteiger partial charge in [-0.05, 0) is 25.5 Å². The van der Waals surface area contributed by atoms with Crippen LogP contribution >= 0.6 is 0 Å². The zero-order valence-corrected chi connectivity index (χ0v) is 27.3. The van der Waals surface area contributed by atoms with E-state index in [1.165, 1.54) is 57.8 Å². The number of nitrogens with one attached hydrogen (secondary N) is 3. The van der Waals surface area contributed by atoms with E-state index in [0.717, 1.165) is 51.7 Å². The summed E-state index contributed by atoms with van der Waals surface area (Å²) in [7, 11) is 0. The number of hydrogen-bond acceptors (Lipinski definition) is 4. The first-order chi connectivity index (χ1) is 22.7. The number of aryl methyl sites for hydroxylation is 1. The molecular weight excluding hydrogens is 566 g/mol. The Morgan fingerprint density at radius 1 is 0.696 bits per heavy atom. The molecule has 0 aliphatic heterocycles.